The Bertz CT molecular complexity index is 352. The monoisotopic (exact) mass is 372 g/mol. The van der Waals surface area contributed by atoms with Gasteiger partial charge in [0.05, 0.1) is 8.45 Å². The van der Waals surface area contributed by atoms with Crippen molar-refractivity contribution in [2.24, 2.45) is 0 Å². The molecule has 2 N–H and O–H groups in total. The highest BCUT2D eigenvalue weighted by molar-refractivity contribution is 14.1. The van der Waals surface area contributed by atoms with Crippen molar-refractivity contribution in [3.63, 3.8) is 0 Å². The van der Waals surface area contributed by atoms with Gasteiger partial charge in [-0.2, -0.15) is 0 Å². The highest BCUT2D eigenvalue weighted by atomic mass is 127. The second-order valence-electron chi connectivity index (χ2n) is 3.66. The molecule has 3 nitrogen and oxygen atoms in total. The molecule has 90 valence electrons. The van der Waals surface area contributed by atoms with Gasteiger partial charge in [0, 0.05) is 18.0 Å². The molecule has 6 heteroatoms. The van der Waals surface area contributed by atoms with Gasteiger partial charge in [0.1, 0.15) is 0 Å². The lowest BCUT2D eigenvalue weighted by Gasteiger charge is -2.23. The van der Waals surface area contributed by atoms with E-state index < -0.39 is 0 Å². The average Bonchev–Trinajstić information content (AvgIpc) is 2.66. The first-order valence-electron chi connectivity index (χ1n) is 5.01. The van der Waals surface area contributed by atoms with Crippen LogP contribution in [0.5, 0.6) is 0 Å². The minimum atomic E-state index is 0. The molecule has 0 bridgehead atoms. The van der Waals surface area contributed by atoms with Gasteiger partial charge in [-0.3, -0.25) is 4.79 Å². The van der Waals surface area contributed by atoms with Gasteiger partial charge in [0.2, 0.25) is 0 Å². The molecule has 0 aromatic carbocycles. The number of carbonyl (C=O) groups excluding carboxylic acids is 1. The molecule has 0 radical (unpaired) electrons. The third kappa shape index (κ3) is 3.87. The number of rotatable bonds is 2. The summed E-state index contributed by atoms with van der Waals surface area (Å²) in [5, 5.41) is 8.24. The van der Waals surface area contributed by atoms with Crippen molar-refractivity contribution < 1.29 is 4.79 Å². The van der Waals surface area contributed by atoms with Gasteiger partial charge < -0.3 is 10.6 Å². The molecular weight excluding hydrogens is 359 g/mol. The van der Waals surface area contributed by atoms with Gasteiger partial charge in [0.15, 0.2) is 0 Å². The molecule has 1 aliphatic heterocycles. The van der Waals surface area contributed by atoms with Crippen molar-refractivity contribution in [1.29, 1.82) is 0 Å². The molecule has 1 fully saturated rings. The first kappa shape index (κ1) is 14.2. The Kier molecular flexibility index (Phi) is 6.02. The van der Waals surface area contributed by atoms with E-state index in [1.54, 1.807) is 11.3 Å². The van der Waals surface area contributed by atoms with Crippen molar-refractivity contribution >= 4 is 52.2 Å². The molecule has 1 aromatic rings. The quantitative estimate of drug-likeness (QED) is 0.782. The molecule has 0 aliphatic carbocycles. The third-order valence-corrected chi connectivity index (χ3v) is 4.25. The maximum atomic E-state index is 11.8. The number of hydrogen-bond acceptors (Lipinski definition) is 3. The van der Waals surface area contributed by atoms with E-state index in [4.69, 9.17) is 0 Å². The van der Waals surface area contributed by atoms with Crippen molar-refractivity contribution in [1.82, 2.24) is 10.6 Å². The fourth-order valence-corrected chi connectivity index (χ4v) is 3.00. The molecule has 1 atom stereocenters. The summed E-state index contributed by atoms with van der Waals surface area (Å²) in [6, 6.07) is 2.22. The SMILES string of the molecule is Cl.O=C(NC1CCCNC1)c1csc(I)c1. The predicted molar refractivity (Wildman–Crippen MR) is 77.6 cm³/mol. The van der Waals surface area contributed by atoms with Crippen LogP contribution in [0.1, 0.15) is 23.2 Å². The molecule has 0 saturated carbocycles. The molecule has 1 aromatic heterocycles. The Morgan fingerprint density at radius 2 is 2.44 bits per heavy atom. The van der Waals surface area contributed by atoms with E-state index in [-0.39, 0.29) is 18.3 Å². The van der Waals surface area contributed by atoms with Gasteiger partial charge >= 0.3 is 0 Å². The van der Waals surface area contributed by atoms with E-state index in [2.05, 4.69) is 33.2 Å². The third-order valence-electron chi connectivity index (χ3n) is 2.46. The first-order chi connectivity index (χ1) is 7.25. The lowest BCUT2D eigenvalue weighted by atomic mass is 10.1. The summed E-state index contributed by atoms with van der Waals surface area (Å²) in [6.45, 7) is 1.97. The molecule has 1 amide bonds. The average molecular weight is 373 g/mol. The number of halogens is 2. The summed E-state index contributed by atoms with van der Waals surface area (Å²) in [7, 11) is 0. The Morgan fingerprint density at radius 3 is 3.00 bits per heavy atom. The molecule has 0 spiro atoms. The zero-order chi connectivity index (χ0) is 10.7. The van der Waals surface area contributed by atoms with Gasteiger partial charge in [-0.1, -0.05) is 0 Å². The molecule has 1 unspecified atom stereocenters. The highest BCUT2D eigenvalue weighted by Crippen LogP contribution is 2.16. The van der Waals surface area contributed by atoms with Crippen LogP contribution in [-0.2, 0) is 0 Å². The zero-order valence-corrected chi connectivity index (χ0v) is 12.5. The van der Waals surface area contributed by atoms with Gasteiger partial charge in [-0.05, 0) is 48.0 Å². The first-order valence-corrected chi connectivity index (χ1v) is 6.97. The highest BCUT2D eigenvalue weighted by Gasteiger charge is 2.16. The van der Waals surface area contributed by atoms with Crippen LogP contribution in [0, 0.1) is 2.88 Å². The number of hydrogen-bond donors (Lipinski definition) is 2. The largest absolute Gasteiger partial charge is 0.348 e. The lowest BCUT2D eigenvalue weighted by molar-refractivity contribution is 0.0931. The molecule has 1 aliphatic rings. The fourth-order valence-electron chi connectivity index (χ4n) is 1.67. The van der Waals surface area contributed by atoms with Crippen LogP contribution in [0.2, 0.25) is 0 Å². The molecule has 16 heavy (non-hydrogen) atoms. The van der Waals surface area contributed by atoms with Gasteiger partial charge in [0.25, 0.3) is 5.91 Å². The summed E-state index contributed by atoms with van der Waals surface area (Å²) in [4.78, 5) is 11.8. The Morgan fingerprint density at radius 1 is 1.62 bits per heavy atom. The molecule has 2 rings (SSSR count). The minimum absolute atomic E-state index is 0. The lowest BCUT2D eigenvalue weighted by Crippen LogP contribution is -2.45. The van der Waals surface area contributed by atoms with Crippen molar-refractivity contribution in [2.75, 3.05) is 13.1 Å². The van der Waals surface area contributed by atoms with E-state index in [0.717, 1.165) is 34.4 Å². The predicted octanol–water partition coefficient (Wildman–Crippen LogP) is 2.26. The van der Waals surface area contributed by atoms with Crippen LogP contribution in [0.25, 0.3) is 0 Å². The van der Waals surface area contributed by atoms with E-state index in [9.17, 15) is 4.79 Å². The number of piperidine rings is 1. The fraction of sp³-hybridized carbons (Fsp3) is 0.500. The van der Waals surface area contributed by atoms with Crippen molar-refractivity contribution in [3.8, 4) is 0 Å². The summed E-state index contributed by atoms with van der Waals surface area (Å²) in [6.07, 6.45) is 2.23. The maximum absolute atomic E-state index is 11.8. The number of nitrogens with one attached hydrogen (secondary N) is 2. The number of amides is 1. The summed E-state index contributed by atoms with van der Waals surface area (Å²) < 4.78 is 1.15. The second-order valence-corrected chi connectivity index (χ2v) is 6.46. The standard InChI is InChI=1S/C10H13IN2OS.ClH/c11-9-4-7(6-15-9)10(14)13-8-2-1-3-12-5-8;/h4,6,8,12H,1-3,5H2,(H,13,14);1H. The minimum Gasteiger partial charge on any atom is -0.348 e. The van der Waals surface area contributed by atoms with E-state index in [0.29, 0.717) is 6.04 Å². The van der Waals surface area contributed by atoms with Crippen LogP contribution in [0.4, 0.5) is 0 Å². The van der Waals surface area contributed by atoms with Crippen LogP contribution in [0.3, 0.4) is 0 Å². The topological polar surface area (TPSA) is 41.1 Å². The zero-order valence-electron chi connectivity index (χ0n) is 8.66. The van der Waals surface area contributed by atoms with E-state index in [1.165, 1.54) is 0 Å². The molecule has 1 saturated heterocycles. The van der Waals surface area contributed by atoms with Crippen molar-refractivity contribution in [3.05, 3.63) is 19.9 Å². The molecule has 2 heterocycles. The second kappa shape index (κ2) is 6.78. The van der Waals surface area contributed by atoms with Crippen LogP contribution in [0.15, 0.2) is 11.4 Å². The number of thiophene rings is 1. The normalized spacial score (nSPS) is 19.9. The Labute approximate surface area is 119 Å². The van der Waals surface area contributed by atoms with Crippen molar-refractivity contribution in [2.45, 2.75) is 18.9 Å². The Balaban J connectivity index is 0.00000128. The van der Waals surface area contributed by atoms with Crippen LogP contribution in [-0.4, -0.2) is 25.0 Å². The van der Waals surface area contributed by atoms with Crippen LogP contribution >= 0.6 is 46.3 Å². The van der Waals surface area contributed by atoms with Crippen LogP contribution < -0.4 is 10.6 Å². The summed E-state index contributed by atoms with van der Waals surface area (Å²) in [5.74, 6) is 0.0582. The summed E-state index contributed by atoms with van der Waals surface area (Å²) in [5.41, 5.74) is 0.787. The summed E-state index contributed by atoms with van der Waals surface area (Å²) >= 11 is 3.84. The van der Waals surface area contributed by atoms with E-state index in [1.807, 2.05) is 11.4 Å². The molecular formula is C10H14ClIN2OS. The van der Waals surface area contributed by atoms with Gasteiger partial charge in [-0.25, -0.2) is 0 Å². The Hall–Kier alpha value is 0.150. The van der Waals surface area contributed by atoms with E-state index >= 15 is 0 Å². The smallest absolute Gasteiger partial charge is 0.252 e. The van der Waals surface area contributed by atoms with Gasteiger partial charge in [-0.15, -0.1) is 23.7 Å². The number of carbonyl (C=O) groups is 1. The maximum Gasteiger partial charge on any atom is 0.252 e.